The van der Waals surface area contributed by atoms with Crippen LogP contribution in [-0.4, -0.2) is 25.1 Å². The first-order valence-corrected chi connectivity index (χ1v) is 10.2. The Bertz CT molecular complexity index is 1110. The average Bonchev–Trinajstić information content (AvgIpc) is 2.79. The summed E-state index contributed by atoms with van der Waals surface area (Å²) in [7, 11) is 1.51. The van der Waals surface area contributed by atoms with Gasteiger partial charge in [0.15, 0.2) is 0 Å². The fourth-order valence-corrected chi connectivity index (χ4v) is 3.09. The molecule has 164 valence electrons. The maximum atomic E-state index is 12.0. The van der Waals surface area contributed by atoms with Crippen molar-refractivity contribution in [2.45, 2.75) is 6.61 Å². The van der Waals surface area contributed by atoms with Crippen LogP contribution in [0.3, 0.4) is 0 Å². The number of nitrogens with zero attached hydrogens (tertiary/aromatic N) is 1. The third kappa shape index (κ3) is 6.47. The van der Waals surface area contributed by atoms with Gasteiger partial charge in [-0.1, -0.05) is 35.3 Å². The van der Waals surface area contributed by atoms with E-state index >= 15 is 0 Å². The minimum atomic E-state index is -0.902. The van der Waals surface area contributed by atoms with Gasteiger partial charge in [-0.3, -0.25) is 9.59 Å². The molecule has 2 amide bonds. The van der Waals surface area contributed by atoms with E-state index in [2.05, 4.69) is 15.8 Å². The van der Waals surface area contributed by atoms with E-state index < -0.39 is 11.8 Å². The molecule has 3 aromatic carbocycles. The van der Waals surface area contributed by atoms with Crippen LogP contribution in [0.15, 0.2) is 71.8 Å². The number of benzene rings is 3. The highest BCUT2D eigenvalue weighted by Crippen LogP contribution is 2.26. The van der Waals surface area contributed by atoms with Gasteiger partial charge in [-0.2, -0.15) is 5.10 Å². The van der Waals surface area contributed by atoms with Gasteiger partial charge < -0.3 is 14.8 Å². The van der Waals surface area contributed by atoms with Crippen LogP contribution in [0.5, 0.6) is 11.5 Å². The van der Waals surface area contributed by atoms with Crippen molar-refractivity contribution in [3.05, 3.63) is 87.9 Å². The third-order valence-electron chi connectivity index (χ3n) is 4.24. The topological polar surface area (TPSA) is 89.0 Å². The van der Waals surface area contributed by atoms with Gasteiger partial charge in [-0.15, -0.1) is 0 Å². The molecule has 0 spiro atoms. The van der Waals surface area contributed by atoms with Crippen molar-refractivity contribution in [3.8, 4) is 11.5 Å². The lowest BCUT2D eigenvalue weighted by molar-refractivity contribution is -0.136. The molecule has 0 unspecified atom stereocenters. The second-order valence-electron chi connectivity index (χ2n) is 6.44. The molecule has 32 heavy (non-hydrogen) atoms. The number of ether oxygens (including phenoxy) is 2. The molecule has 0 heterocycles. The molecule has 0 fully saturated rings. The van der Waals surface area contributed by atoms with Crippen LogP contribution in [0.4, 0.5) is 5.69 Å². The molecule has 9 heteroatoms. The standard InChI is InChI=1S/C23H19Cl2N3O4/c1-31-18-5-2-4-16(12-18)27-22(29)23(30)28-26-13-15-8-10-17(11-9-15)32-14-19-20(24)6-3-7-21(19)25/h2-13H,14H2,1H3,(H,27,29)(H,28,30)/b26-13-. The first kappa shape index (κ1) is 23.1. The van der Waals surface area contributed by atoms with E-state index in [9.17, 15) is 9.59 Å². The summed E-state index contributed by atoms with van der Waals surface area (Å²) in [6.45, 7) is 0.227. The van der Waals surface area contributed by atoms with Crippen molar-refractivity contribution < 1.29 is 19.1 Å². The molecule has 0 saturated carbocycles. The number of hydrogen-bond acceptors (Lipinski definition) is 5. The van der Waals surface area contributed by atoms with Crippen molar-refractivity contribution in [1.82, 2.24) is 5.43 Å². The fourth-order valence-electron chi connectivity index (χ4n) is 2.58. The number of hydrazone groups is 1. The van der Waals surface area contributed by atoms with Crippen LogP contribution < -0.4 is 20.2 Å². The smallest absolute Gasteiger partial charge is 0.329 e. The lowest BCUT2D eigenvalue weighted by atomic mass is 10.2. The minimum absolute atomic E-state index is 0.227. The number of carbonyl (C=O) groups excluding carboxylic acids is 2. The van der Waals surface area contributed by atoms with Gasteiger partial charge in [0.25, 0.3) is 0 Å². The molecule has 0 saturated heterocycles. The molecular formula is C23H19Cl2N3O4. The zero-order chi connectivity index (χ0) is 22.9. The second-order valence-corrected chi connectivity index (χ2v) is 7.26. The number of rotatable bonds is 7. The summed E-state index contributed by atoms with van der Waals surface area (Å²) in [5.41, 5.74) is 4.01. The first-order chi connectivity index (χ1) is 15.5. The molecule has 3 aromatic rings. The fraction of sp³-hybridized carbons (Fsp3) is 0.0870. The van der Waals surface area contributed by atoms with E-state index in [0.29, 0.717) is 38.4 Å². The van der Waals surface area contributed by atoms with Gasteiger partial charge in [-0.05, 0) is 54.1 Å². The number of nitrogens with one attached hydrogen (secondary N) is 2. The zero-order valence-electron chi connectivity index (χ0n) is 17.0. The number of methoxy groups -OCH3 is 1. The van der Waals surface area contributed by atoms with Crippen molar-refractivity contribution >= 4 is 46.9 Å². The van der Waals surface area contributed by atoms with E-state index in [-0.39, 0.29) is 6.61 Å². The second kappa shape index (κ2) is 11.2. The van der Waals surface area contributed by atoms with Crippen LogP contribution in [0.2, 0.25) is 10.0 Å². The Balaban J connectivity index is 1.49. The molecule has 0 bridgehead atoms. The molecule has 0 aliphatic heterocycles. The summed E-state index contributed by atoms with van der Waals surface area (Å²) in [6, 6.07) is 18.9. The summed E-state index contributed by atoms with van der Waals surface area (Å²) in [5.74, 6) is -0.582. The van der Waals surface area contributed by atoms with E-state index in [0.717, 1.165) is 0 Å². The van der Waals surface area contributed by atoms with Gasteiger partial charge in [0.2, 0.25) is 0 Å². The monoisotopic (exact) mass is 471 g/mol. The highest BCUT2D eigenvalue weighted by atomic mass is 35.5. The molecular weight excluding hydrogens is 453 g/mol. The normalized spacial score (nSPS) is 10.6. The lowest BCUT2D eigenvalue weighted by Crippen LogP contribution is -2.32. The maximum absolute atomic E-state index is 12.0. The van der Waals surface area contributed by atoms with E-state index in [1.165, 1.54) is 13.3 Å². The zero-order valence-corrected chi connectivity index (χ0v) is 18.5. The molecule has 0 aromatic heterocycles. The Labute approximate surface area is 194 Å². The molecule has 2 N–H and O–H groups in total. The largest absolute Gasteiger partial charge is 0.497 e. The number of amides is 2. The van der Waals surface area contributed by atoms with E-state index in [1.54, 1.807) is 66.7 Å². The van der Waals surface area contributed by atoms with Gasteiger partial charge >= 0.3 is 11.8 Å². The Kier molecular flexibility index (Phi) is 8.08. The molecule has 0 aliphatic rings. The quantitative estimate of drug-likeness (QED) is 0.297. The highest BCUT2D eigenvalue weighted by molar-refractivity contribution is 6.39. The number of anilines is 1. The highest BCUT2D eigenvalue weighted by Gasteiger charge is 2.13. The molecule has 0 atom stereocenters. The number of hydrogen-bond donors (Lipinski definition) is 2. The van der Waals surface area contributed by atoms with Crippen LogP contribution in [-0.2, 0) is 16.2 Å². The van der Waals surface area contributed by atoms with Crippen LogP contribution >= 0.6 is 23.2 Å². The Morgan fingerprint density at radius 2 is 1.62 bits per heavy atom. The Morgan fingerprint density at radius 3 is 2.31 bits per heavy atom. The van der Waals surface area contributed by atoms with Crippen molar-refractivity contribution in [1.29, 1.82) is 0 Å². The summed E-state index contributed by atoms with van der Waals surface area (Å²) in [5, 5.41) is 7.34. The summed E-state index contributed by atoms with van der Waals surface area (Å²) in [4.78, 5) is 23.9. The van der Waals surface area contributed by atoms with Gasteiger partial charge in [0.1, 0.15) is 18.1 Å². The van der Waals surface area contributed by atoms with Gasteiger partial charge in [-0.25, -0.2) is 5.43 Å². The van der Waals surface area contributed by atoms with Crippen LogP contribution in [0, 0.1) is 0 Å². The minimum Gasteiger partial charge on any atom is -0.497 e. The summed E-state index contributed by atoms with van der Waals surface area (Å²) in [6.07, 6.45) is 1.41. The summed E-state index contributed by atoms with van der Waals surface area (Å²) < 4.78 is 10.8. The van der Waals surface area contributed by atoms with Crippen molar-refractivity contribution in [2.24, 2.45) is 5.10 Å². The predicted octanol–water partition coefficient (Wildman–Crippen LogP) is 4.67. The van der Waals surface area contributed by atoms with Crippen molar-refractivity contribution in [2.75, 3.05) is 12.4 Å². The maximum Gasteiger partial charge on any atom is 0.329 e. The lowest BCUT2D eigenvalue weighted by Gasteiger charge is -2.09. The SMILES string of the molecule is COc1cccc(NC(=O)C(=O)N/N=C\c2ccc(OCc3c(Cl)cccc3Cl)cc2)c1. The Morgan fingerprint density at radius 1 is 0.938 bits per heavy atom. The van der Waals surface area contributed by atoms with E-state index in [4.69, 9.17) is 32.7 Å². The summed E-state index contributed by atoms with van der Waals surface area (Å²) >= 11 is 12.3. The predicted molar refractivity (Wildman–Crippen MR) is 125 cm³/mol. The Hall–Kier alpha value is -3.55. The van der Waals surface area contributed by atoms with Crippen LogP contribution in [0.25, 0.3) is 0 Å². The number of halogens is 2. The molecule has 3 rings (SSSR count). The van der Waals surface area contributed by atoms with Gasteiger partial charge in [0, 0.05) is 27.4 Å². The van der Waals surface area contributed by atoms with Gasteiger partial charge in [0.05, 0.1) is 13.3 Å². The van der Waals surface area contributed by atoms with Crippen molar-refractivity contribution in [3.63, 3.8) is 0 Å². The first-order valence-electron chi connectivity index (χ1n) is 9.40. The molecule has 7 nitrogen and oxygen atoms in total. The van der Waals surface area contributed by atoms with E-state index in [1.807, 2.05) is 0 Å². The number of carbonyl (C=O) groups is 2. The van der Waals surface area contributed by atoms with Crippen LogP contribution in [0.1, 0.15) is 11.1 Å². The average molecular weight is 472 g/mol. The molecule has 0 aliphatic carbocycles. The molecule has 0 radical (unpaired) electrons. The third-order valence-corrected chi connectivity index (χ3v) is 4.95.